The van der Waals surface area contributed by atoms with Crippen LogP contribution in [-0.4, -0.2) is 37.2 Å². The third-order valence-electron chi connectivity index (χ3n) is 10.5. The van der Waals surface area contributed by atoms with Gasteiger partial charge in [0.05, 0.1) is 11.4 Å². The van der Waals surface area contributed by atoms with E-state index < -0.39 is 6.10 Å². The quantitative estimate of drug-likeness (QED) is 0.0177. The molecule has 344 valence electrons. The first-order valence-electron chi connectivity index (χ1n) is 22.3. The Labute approximate surface area is 449 Å². The first-order chi connectivity index (χ1) is 29.3. The van der Waals surface area contributed by atoms with E-state index in [-0.39, 0.29) is 50.4 Å². The standard InChI is InChI=1S/C47H68I6N2O6/c1-2-3-4-5-6-7-8-9-10-11-12-13-14-15-24-29-43(58)61-34(32-59-41(56)27-22-18-16-20-25-35-37(48)30-39(50)46(54)44(35)52)33-60-42(57)28-23-19-17-21-26-36-38(49)31-40(51)47(55)45(36)53/h9-10,30-31,34H,2-8,11-29,32-33,54-55H2,1H3/b10-9-. The molecular formula is C47H68I6N2O6. The van der Waals surface area contributed by atoms with E-state index in [1.165, 1.54) is 69.6 Å². The van der Waals surface area contributed by atoms with Gasteiger partial charge < -0.3 is 25.7 Å². The number of hydrogen-bond acceptors (Lipinski definition) is 8. The third kappa shape index (κ3) is 25.9. The molecule has 2 aromatic carbocycles. The Balaban J connectivity index is 1.72. The van der Waals surface area contributed by atoms with E-state index in [9.17, 15) is 14.4 Å². The van der Waals surface area contributed by atoms with Gasteiger partial charge in [-0.05, 0) is 229 Å². The molecule has 14 heteroatoms. The Morgan fingerprint density at radius 1 is 0.508 bits per heavy atom. The van der Waals surface area contributed by atoms with Crippen molar-refractivity contribution in [3.05, 3.63) is 56.8 Å². The van der Waals surface area contributed by atoms with Crippen molar-refractivity contribution in [1.82, 2.24) is 0 Å². The van der Waals surface area contributed by atoms with Gasteiger partial charge in [0, 0.05) is 40.7 Å². The predicted molar refractivity (Wildman–Crippen MR) is 303 cm³/mol. The number of hydrogen-bond donors (Lipinski definition) is 2. The maximum absolute atomic E-state index is 12.9. The van der Waals surface area contributed by atoms with Gasteiger partial charge in [0.15, 0.2) is 6.10 Å². The summed E-state index contributed by atoms with van der Waals surface area (Å²) in [5, 5.41) is 0. The van der Waals surface area contributed by atoms with Crippen molar-refractivity contribution in [2.75, 3.05) is 24.7 Å². The van der Waals surface area contributed by atoms with Gasteiger partial charge in [-0.2, -0.15) is 0 Å². The average molecular weight is 1520 g/mol. The van der Waals surface area contributed by atoms with E-state index in [4.69, 9.17) is 25.7 Å². The predicted octanol–water partition coefficient (Wildman–Crippen LogP) is 15.2. The molecule has 0 spiro atoms. The fourth-order valence-electron chi connectivity index (χ4n) is 6.82. The molecule has 0 saturated carbocycles. The molecule has 0 saturated heterocycles. The number of ether oxygens (including phenoxy) is 3. The topological polar surface area (TPSA) is 131 Å². The molecule has 61 heavy (non-hydrogen) atoms. The Morgan fingerprint density at radius 2 is 0.869 bits per heavy atom. The molecule has 0 unspecified atom stereocenters. The summed E-state index contributed by atoms with van der Waals surface area (Å²) in [6, 6.07) is 4.26. The van der Waals surface area contributed by atoms with Crippen molar-refractivity contribution in [2.45, 2.75) is 180 Å². The zero-order valence-electron chi connectivity index (χ0n) is 36.1. The van der Waals surface area contributed by atoms with Crippen molar-refractivity contribution in [2.24, 2.45) is 0 Å². The van der Waals surface area contributed by atoms with E-state index in [1.54, 1.807) is 0 Å². The van der Waals surface area contributed by atoms with Crippen LogP contribution in [0, 0.1) is 21.4 Å². The minimum absolute atomic E-state index is 0.129. The molecule has 0 radical (unpaired) electrons. The number of nitrogen functional groups attached to an aromatic ring is 2. The van der Waals surface area contributed by atoms with Crippen LogP contribution in [0.25, 0.3) is 0 Å². The van der Waals surface area contributed by atoms with Crippen molar-refractivity contribution in [3.63, 3.8) is 0 Å². The molecule has 2 aromatic rings. The van der Waals surface area contributed by atoms with Crippen LogP contribution < -0.4 is 11.5 Å². The van der Waals surface area contributed by atoms with E-state index in [0.717, 1.165) is 109 Å². The number of unbranched alkanes of at least 4 members (excludes halogenated alkanes) is 17. The van der Waals surface area contributed by atoms with Crippen molar-refractivity contribution < 1.29 is 28.6 Å². The lowest BCUT2D eigenvalue weighted by Gasteiger charge is -2.18. The molecule has 0 aromatic heterocycles. The molecule has 0 heterocycles. The molecule has 0 fully saturated rings. The third-order valence-corrected chi connectivity index (χ3v) is 16.7. The monoisotopic (exact) mass is 1520 g/mol. The van der Waals surface area contributed by atoms with Gasteiger partial charge in [-0.1, -0.05) is 96.1 Å². The van der Waals surface area contributed by atoms with E-state index in [0.29, 0.717) is 12.8 Å². The molecule has 8 nitrogen and oxygen atoms in total. The van der Waals surface area contributed by atoms with Gasteiger partial charge in [0.2, 0.25) is 0 Å². The van der Waals surface area contributed by atoms with Crippen LogP contribution in [0.4, 0.5) is 11.4 Å². The van der Waals surface area contributed by atoms with Gasteiger partial charge in [-0.15, -0.1) is 0 Å². The summed E-state index contributed by atoms with van der Waals surface area (Å²) >= 11 is 14.0. The highest BCUT2D eigenvalue weighted by atomic mass is 127. The van der Waals surface area contributed by atoms with E-state index in [2.05, 4.69) is 167 Å². The molecule has 0 bridgehead atoms. The number of nitrogens with two attached hydrogens (primary N) is 2. The molecule has 0 aliphatic carbocycles. The summed E-state index contributed by atoms with van der Waals surface area (Å²) in [6.07, 6.45) is 29.3. The second kappa shape index (κ2) is 35.7. The van der Waals surface area contributed by atoms with Crippen molar-refractivity contribution in [3.8, 4) is 0 Å². The maximum atomic E-state index is 12.9. The number of carbonyl (C=O) groups excluding carboxylic acids is 3. The number of allylic oxidation sites excluding steroid dienone is 2. The Kier molecular flexibility index (Phi) is 33.8. The summed E-state index contributed by atoms with van der Waals surface area (Å²) in [7, 11) is 0. The highest BCUT2D eigenvalue weighted by Crippen LogP contribution is 2.32. The second-order valence-electron chi connectivity index (χ2n) is 15.7. The van der Waals surface area contributed by atoms with Crippen LogP contribution in [0.3, 0.4) is 0 Å². The lowest BCUT2D eigenvalue weighted by molar-refractivity contribution is -0.167. The second-order valence-corrected chi connectivity index (χ2v) is 22.5. The van der Waals surface area contributed by atoms with Crippen LogP contribution in [-0.2, 0) is 41.4 Å². The highest BCUT2D eigenvalue weighted by molar-refractivity contribution is 14.1. The summed E-state index contributed by atoms with van der Waals surface area (Å²) in [5.74, 6) is -1.03. The first-order valence-corrected chi connectivity index (χ1v) is 28.8. The number of esters is 3. The highest BCUT2D eigenvalue weighted by Gasteiger charge is 2.20. The summed E-state index contributed by atoms with van der Waals surface area (Å²) in [5.41, 5.74) is 16.8. The van der Waals surface area contributed by atoms with Crippen LogP contribution in [0.15, 0.2) is 24.3 Å². The zero-order valence-corrected chi connectivity index (χ0v) is 49.0. The fraction of sp³-hybridized carbons (Fsp3) is 0.638. The average Bonchev–Trinajstić information content (AvgIpc) is 3.23. The first kappa shape index (κ1) is 57.7. The molecule has 2 rings (SSSR count). The number of benzene rings is 2. The number of carbonyl (C=O) groups is 3. The van der Waals surface area contributed by atoms with Crippen LogP contribution >= 0.6 is 136 Å². The summed E-state index contributed by atoms with van der Waals surface area (Å²) in [6.45, 7) is 2.00. The SMILES string of the molecule is CCCCCCCC/C=C\CCCCCCCC(=O)OC(COC(=O)CCCCCCc1c(I)cc(I)c(N)c1I)COC(=O)CCCCCCc1c(I)cc(I)c(N)c1I. The van der Waals surface area contributed by atoms with E-state index >= 15 is 0 Å². The minimum atomic E-state index is -0.832. The smallest absolute Gasteiger partial charge is 0.306 e. The van der Waals surface area contributed by atoms with Gasteiger partial charge in [-0.25, -0.2) is 0 Å². The van der Waals surface area contributed by atoms with E-state index in [1.807, 2.05) is 0 Å². The zero-order chi connectivity index (χ0) is 44.8. The summed E-state index contributed by atoms with van der Waals surface area (Å²) < 4.78 is 23.7. The molecule has 0 aliphatic rings. The minimum Gasteiger partial charge on any atom is -0.462 e. The lowest BCUT2D eigenvalue weighted by atomic mass is 10.0. The van der Waals surface area contributed by atoms with Gasteiger partial charge >= 0.3 is 17.9 Å². The van der Waals surface area contributed by atoms with Crippen molar-refractivity contribution >= 4 is 165 Å². The molecule has 0 aliphatic heterocycles. The number of anilines is 2. The number of rotatable bonds is 34. The van der Waals surface area contributed by atoms with Crippen molar-refractivity contribution in [1.29, 1.82) is 0 Å². The van der Waals surface area contributed by atoms with Gasteiger partial charge in [-0.3, -0.25) is 14.4 Å². The van der Waals surface area contributed by atoms with Gasteiger partial charge in [0.25, 0.3) is 0 Å². The van der Waals surface area contributed by atoms with Gasteiger partial charge in [0.1, 0.15) is 13.2 Å². The number of halogens is 6. The normalized spacial score (nSPS) is 11.5. The lowest BCUT2D eigenvalue weighted by Crippen LogP contribution is -2.30. The molecule has 0 atom stereocenters. The van der Waals surface area contributed by atoms with Crippen LogP contribution in [0.5, 0.6) is 0 Å². The molecular weight excluding hydrogens is 1450 g/mol. The Bertz CT molecular complexity index is 1550. The largest absolute Gasteiger partial charge is 0.462 e. The van der Waals surface area contributed by atoms with Crippen LogP contribution in [0.1, 0.15) is 172 Å². The Morgan fingerprint density at radius 3 is 1.30 bits per heavy atom. The fourth-order valence-corrected chi connectivity index (χ4v) is 14.6. The maximum Gasteiger partial charge on any atom is 0.306 e. The molecule has 0 amide bonds. The van der Waals surface area contributed by atoms with Crippen LogP contribution in [0.2, 0.25) is 0 Å². The molecule has 4 N–H and O–H groups in total. The Hall–Kier alpha value is 0.570. The summed E-state index contributed by atoms with van der Waals surface area (Å²) in [4.78, 5) is 38.3.